The average Bonchev–Trinajstić information content (AvgIpc) is 3.51. The molecule has 1 aromatic carbocycles. The molecule has 1 saturated heterocycles. The van der Waals surface area contributed by atoms with Crippen molar-refractivity contribution in [3.8, 4) is 22.5 Å². The molecule has 5 rings (SSSR count). The molecule has 180 valence electrons. The maximum Gasteiger partial charge on any atom is 0.261 e. The van der Waals surface area contributed by atoms with Gasteiger partial charge in [-0.2, -0.15) is 5.10 Å². The highest BCUT2D eigenvalue weighted by Crippen LogP contribution is 2.29. The number of benzene rings is 1. The van der Waals surface area contributed by atoms with Crippen LogP contribution < -0.4 is 5.56 Å². The Hall–Kier alpha value is -3.89. The van der Waals surface area contributed by atoms with E-state index < -0.39 is 12.1 Å². The quantitative estimate of drug-likeness (QED) is 0.450. The van der Waals surface area contributed by atoms with E-state index in [4.69, 9.17) is 4.98 Å². The molecule has 1 fully saturated rings. The molecular formula is C25H26N6O4. The van der Waals surface area contributed by atoms with Gasteiger partial charge in [-0.25, -0.2) is 9.97 Å². The van der Waals surface area contributed by atoms with Gasteiger partial charge in [0.25, 0.3) is 11.5 Å². The van der Waals surface area contributed by atoms with Crippen LogP contribution in [0.3, 0.4) is 0 Å². The molecule has 0 saturated carbocycles. The molecule has 0 aliphatic carbocycles. The van der Waals surface area contributed by atoms with E-state index in [1.807, 2.05) is 0 Å². The Balaban J connectivity index is 1.61. The number of aryl methyl sites for hydroxylation is 1. The first-order valence-corrected chi connectivity index (χ1v) is 11.4. The fourth-order valence-electron chi connectivity index (χ4n) is 4.33. The van der Waals surface area contributed by atoms with Gasteiger partial charge in [0.05, 0.1) is 42.4 Å². The first kappa shape index (κ1) is 22.9. The Morgan fingerprint density at radius 2 is 2.00 bits per heavy atom. The molecular weight excluding hydrogens is 448 g/mol. The maximum absolute atomic E-state index is 13.3. The molecule has 0 radical (unpaired) electrons. The minimum absolute atomic E-state index is 0.124. The number of β-amino-alcohol motifs (C(OH)–C–C–N with tert-alkyl or cyclic N) is 1. The molecule has 10 heteroatoms. The van der Waals surface area contributed by atoms with Crippen LogP contribution in [0.1, 0.15) is 29.7 Å². The Morgan fingerprint density at radius 3 is 2.63 bits per heavy atom. The van der Waals surface area contributed by atoms with Gasteiger partial charge >= 0.3 is 0 Å². The first-order chi connectivity index (χ1) is 16.9. The number of rotatable bonds is 5. The SMILES string of the molecule is C[C@@H](CO)n1cnc2c(-c3cnn(C)c3)nc(-c3ccc(C(=O)N4CCC(O)C4)cc3)cc2c1=O. The van der Waals surface area contributed by atoms with Gasteiger partial charge in [-0.3, -0.25) is 18.8 Å². The molecule has 1 aliphatic heterocycles. The van der Waals surface area contributed by atoms with Gasteiger partial charge in [0.2, 0.25) is 0 Å². The Bertz CT molecular complexity index is 1460. The van der Waals surface area contributed by atoms with Gasteiger partial charge in [0, 0.05) is 43.0 Å². The molecule has 4 heterocycles. The molecule has 10 nitrogen and oxygen atoms in total. The smallest absolute Gasteiger partial charge is 0.261 e. The lowest BCUT2D eigenvalue weighted by Gasteiger charge is -2.16. The largest absolute Gasteiger partial charge is 0.394 e. The van der Waals surface area contributed by atoms with Crippen molar-refractivity contribution >= 4 is 16.8 Å². The molecule has 1 amide bonds. The van der Waals surface area contributed by atoms with Crippen LogP contribution >= 0.6 is 0 Å². The molecule has 1 aliphatic rings. The van der Waals surface area contributed by atoms with Crippen LogP contribution in [0.25, 0.3) is 33.4 Å². The molecule has 0 bridgehead atoms. The number of carbonyl (C=O) groups is 1. The van der Waals surface area contributed by atoms with Crippen molar-refractivity contribution in [2.75, 3.05) is 19.7 Å². The number of likely N-dealkylation sites (tertiary alicyclic amines) is 1. The van der Waals surface area contributed by atoms with Gasteiger partial charge in [-0.1, -0.05) is 12.1 Å². The van der Waals surface area contributed by atoms with Crippen LogP contribution in [-0.2, 0) is 7.05 Å². The van der Waals surface area contributed by atoms with Crippen molar-refractivity contribution < 1.29 is 15.0 Å². The Labute approximate surface area is 201 Å². The van der Waals surface area contributed by atoms with Gasteiger partial charge < -0.3 is 15.1 Å². The van der Waals surface area contributed by atoms with Crippen LogP contribution in [0.4, 0.5) is 0 Å². The van der Waals surface area contributed by atoms with E-state index in [2.05, 4.69) is 10.1 Å². The lowest BCUT2D eigenvalue weighted by molar-refractivity contribution is 0.0765. The third-order valence-electron chi connectivity index (χ3n) is 6.36. The summed E-state index contributed by atoms with van der Waals surface area (Å²) in [5.74, 6) is -0.124. The minimum Gasteiger partial charge on any atom is -0.394 e. The van der Waals surface area contributed by atoms with Gasteiger partial charge in [-0.05, 0) is 31.5 Å². The number of nitrogens with zero attached hydrogens (tertiary/aromatic N) is 6. The predicted octanol–water partition coefficient (Wildman–Crippen LogP) is 1.62. The standard InChI is InChI=1S/C25H26N6O4/c1-15(13-32)31-14-26-23-20(25(31)35)9-21(28-22(23)18-10-27-29(2)11-18)16-3-5-17(6-4-16)24(34)30-8-7-19(33)12-30/h3-6,9-11,14-15,19,32-33H,7-8,12-13H2,1-2H3/t15-,19?/m0/s1. The van der Waals surface area contributed by atoms with E-state index in [-0.39, 0.29) is 18.1 Å². The number of fused-ring (bicyclic) bond motifs is 1. The lowest BCUT2D eigenvalue weighted by Crippen LogP contribution is -2.29. The number of amides is 1. The second kappa shape index (κ2) is 9.05. The normalized spacial score (nSPS) is 16.7. The second-order valence-electron chi connectivity index (χ2n) is 8.91. The summed E-state index contributed by atoms with van der Waals surface area (Å²) in [4.78, 5) is 37.0. The number of aromatic nitrogens is 5. The van der Waals surface area contributed by atoms with E-state index >= 15 is 0 Å². The number of carbonyl (C=O) groups excluding carboxylic acids is 1. The summed E-state index contributed by atoms with van der Waals surface area (Å²) < 4.78 is 3.06. The molecule has 1 unspecified atom stereocenters. The lowest BCUT2D eigenvalue weighted by atomic mass is 10.0. The van der Waals surface area contributed by atoms with Crippen molar-refractivity contribution in [2.45, 2.75) is 25.5 Å². The fraction of sp³-hybridized carbons (Fsp3) is 0.320. The first-order valence-electron chi connectivity index (χ1n) is 11.4. The van der Waals surface area contributed by atoms with E-state index in [1.165, 1.54) is 10.9 Å². The fourth-order valence-corrected chi connectivity index (χ4v) is 4.33. The summed E-state index contributed by atoms with van der Waals surface area (Å²) in [7, 11) is 1.80. The number of hydrogen-bond donors (Lipinski definition) is 2. The van der Waals surface area contributed by atoms with E-state index in [9.17, 15) is 19.8 Å². The monoisotopic (exact) mass is 474 g/mol. The topological polar surface area (TPSA) is 126 Å². The second-order valence-corrected chi connectivity index (χ2v) is 8.91. The number of aliphatic hydroxyl groups excluding tert-OH is 2. The van der Waals surface area contributed by atoms with Gasteiger partial charge in [0.15, 0.2) is 0 Å². The van der Waals surface area contributed by atoms with Crippen molar-refractivity contribution in [1.29, 1.82) is 0 Å². The summed E-state index contributed by atoms with van der Waals surface area (Å²) in [6, 6.07) is 8.32. The van der Waals surface area contributed by atoms with Gasteiger partial charge in [0.1, 0.15) is 11.2 Å². The predicted molar refractivity (Wildman–Crippen MR) is 130 cm³/mol. The van der Waals surface area contributed by atoms with Crippen molar-refractivity contribution in [2.24, 2.45) is 7.05 Å². The molecule has 4 aromatic rings. The summed E-state index contributed by atoms with van der Waals surface area (Å²) in [6.07, 6.45) is 5.02. The van der Waals surface area contributed by atoms with E-state index in [0.717, 1.165) is 11.1 Å². The van der Waals surface area contributed by atoms with Gasteiger partial charge in [-0.15, -0.1) is 0 Å². The third-order valence-corrected chi connectivity index (χ3v) is 6.36. The van der Waals surface area contributed by atoms with Crippen LogP contribution in [0.5, 0.6) is 0 Å². The molecule has 35 heavy (non-hydrogen) atoms. The van der Waals surface area contributed by atoms with Crippen LogP contribution in [-0.4, -0.2) is 71.1 Å². The number of aliphatic hydroxyl groups is 2. The molecule has 3 aromatic heterocycles. The number of pyridine rings is 1. The summed E-state index contributed by atoms with van der Waals surface area (Å²) >= 11 is 0. The zero-order valence-electron chi connectivity index (χ0n) is 19.5. The summed E-state index contributed by atoms with van der Waals surface area (Å²) in [6.45, 7) is 2.43. The average molecular weight is 475 g/mol. The van der Waals surface area contributed by atoms with Crippen molar-refractivity contribution in [1.82, 2.24) is 29.2 Å². The molecule has 2 N–H and O–H groups in total. The van der Waals surface area contributed by atoms with Crippen molar-refractivity contribution in [3.63, 3.8) is 0 Å². The summed E-state index contributed by atoms with van der Waals surface area (Å²) in [5.41, 5.74) is 3.24. The van der Waals surface area contributed by atoms with E-state index in [1.54, 1.807) is 66.3 Å². The Kier molecular flexibility index (Phi) is 5.91. The molecule has 2 atom stereocenters. The molecule has 0 spiro atoms. The zero-order valence-corrected chi connectivity index (χ0v) is 19.5. The maximum atomic E-state index is 13.3. The zero-order chi connectivity index (χ0) is 24.7. The highest BCUT2D eigenvalue weighted by atomic mass is 16.3. The third kappa shape index (κ3) is 4.22. The number of hydrogen-bond acceptors (Lipinski definition) is 7. The van der Waals surface area contributed by atoms with E-state index in [0.29, 0.717) is 47.4 Å². The van der Waals surface area contributed by atoms with Crippen LogP contribution in [0.15, 0.2) is 53.8 Å². The highest BCUT2D eigenvalue weighted by Gasteiger charge is 2.25. The van der Waals surface area contributed by atoms with Crippen LogP contribution in [0.2, 0.25) is 0 Å². The van der Waals surface area contributed by atoms with Crippen molar-refractivity contribution in [3.05, 3.63) is 65.0 Å². The Morgan fingerprint density at radius 1 is 1.23 bits per heavy atom. The summed E-state index contributed by atoms with van der Waals surface area (Å²) in [5, 5.41) is 23.9. The minimum atomic E-state index is -0.475. The highest BCUT2D eigenvalue weighted by molar-refractivity contribution is 5.96. The van der Waals surface area contributed by atoms with Crippen LogP contribution in [0, 0.1) is 0 Å².